The molecule has 31 heavy (non-hydrogen) atoms. The Morgan fingerprint density at radius 3 is 2.52 bits per heavy atom. The number of ether oxygens (including phenoxy) is 1. The van der Waals surface area contributed by atoms with Gasteiger partial charge in [-0.15, -0.1) is 0 Å². The van der Waals surface area contributed by atoms with E-state index in [0.717, 1.165) is 10.0 Å². The van der Waals surface area contributed by atoms with Gasteiger partial charge in [0.1, 0.15) is 23.3 Å². The smallest absolute Gasteiger partial charge is 0.326 e. The van der Waals surface area contributed by atoms with Gasteiger partial charge < -0.3 is 20.3 Å². The lowest BCUT2D eigenvalue weighted by atomic mass is 10.0. The van der Waals surface area contributed by atoms with Crippen LogP contribution in [0.2, 0.25) is 0 Å². The standard InChI is InChI=1S/C22H25Br2NO5S/c1-12(2)16-11-15(4-5-19(16)26)30-21-13(8-14(23)10-17(21)24)9-20(27)25-18(22(28)29)6-7-31-3/h4-5,8,10-12,18,26H,6-7,9H2,1-3H3,(H,25,27)(H,28,29)/t18-/m0/s1. The maximum absolute atomic E-state index is 12.6. The highest BCUT2D eigenvalue weighted by Crippen LogP contribution is 2.38. The normalized spacial score (nSPS) is 11.9. The number of carbonyl (C=O) groups is 2. The highest BCUT2D eigenvalue weighted by Gasteiger charge is 2.21. The van der Waals surface area contributed by atoms with Crippen LogP contribution in [-0.2, 0) is 16.0 Å². The molecule has 9 heteroatoms. The predicted octanol–water partition coefficient (Wildman–Crippen LogP) is 5.70. The number of halogens is 2. The number of benzene rings is 2. The van der Waals surface area contributed by atoms with Crippen molar-refractivity contribution < 1.29 is 24.5 Å². The minimum Gasteiger partial charge on any atom is -0.508 e. The second-order valence-corrected chi connectivity index (χ2v) is 10.0. The molecule has 2 aromatic carbocycles. The number of rotatable bonds is 10. The van der Waals surface area contributed by atoms with E-state index in [4.69, 9.17) is 4.74 Å². The van der Waals surface area contributed by atoms with Crippen LogP contribution in [0, 0.1) is 0 Å². The van der Waals surface area contributed by atoms with Crippen LogP contribution in [0.3, 0.4) is 0 Å². The molecular weight excluding hydrogens is 550 g/mol. The molecule has 0 saturated carbocycles. The molecule has 1 atom stereocenters. The molecule has 168 valence electrons. The van der Waals surface area contributed by atoms with Gasteiger partial charge in [-0.3, -0.25) is 4.79 Å². The summed E-state index contributed by atoms with van der Waals surface area (Å²) >= 11 is 8.43. The van der Waals surface area contributed by atoms with Crippen LogP contribution in [0.4, 0.5) is 0 Å². The zero-order valence-electron chi connectivity index (χ0n) is 17.4. The van der Waals surface area contributed by atoms with Crippen molar-refractivity contribution in [1.29, 1.82) is 0 Å². The summed E-state index contributed by atoms with van der Waals surface area (Å²) in [5.74, 6) is 0.451. The lowest BCUT2D eigenvalue weighted by Crippen LogP contribution is -2.41. The predicted molar refractivity (Wildman–Crippen MR) is 130 cm³/mol. The van der Waals surface area contributed by atoms with Gasteiger partial charge in [-0.2, -0.15) is 11.8 Å². The van der Waals surface area contributed by atoms with Crippen LogP contribution in [0.15, 0.2) is 39.3 Å². The number of nitrogens with one attached hydrogen (secondary N) is 1. The molecule has 6 nitrogen and oxygen atoms in total. The Labute approximate surface area is 203 Å². The average Bonchev–Trinajstić information content (AvgIpc) is 2.68. The number of carboxylic acids is 1. The Kier molecular flexibility index (Phi) is 9.71. The number of thioether (sulfide) groups is 1. The Morgan fingerprint density at radius 2 is 1.90 bits per heavy atom. The van der Waals surface area contributed by atoms with Crippen LogP contribution in [0.5, 0.6) is 17.2 Å². The molecule has 0 saturated heterocycles. The summed E-state index contributed by atoms with van der Waals surface area (Å²) in [6, 6.07) is 7.63. The molecule has 0 aliphatic heterocycles. The summed E-state index contributed by atoms with van der Waals surface area (Å²) in [7, 11) is 0. The molecule has 0 aromatic heterocycles. The lowest BCUT2D eigenvalue weighted by molar-refractivity contribution is -0.141. The first-order valence-electron chi connectivity index (χ1n) is 9.62. The molecule has 3 N–H and O–H groups in total. The van der Waals surface area contributed by atoms with Crippen molar-refractivity contribution in [3.8, 4) is 17.2 Å². The molecule has 0 radical (unpaired) electrons. The number of hydrogen-bond acceptors (Lipinski definition) is 5. The zero-order valence-corrected chi connectivity index (χ0v) is 21.4. The molecule has 2 rings (SSSR count). The van der Waals surface area contributed by atoms with Crippen LogP contribution in [-0.4, -0.2) is 40.1 Å². The van der Waals surface area contributed by atoms with Crippen LogP contribution in [0.1, 0.15) is 37.3 Å². The summed E-state index contributed by atoms with van der Waals surface area (Å²) in [5, 5.41) is 22.0. The highest BCUT2D eigenvalue weighted by atomic mass is 79.9. The third kappa shape index (κ3) is 7.43. The van der Waals surface area contributed by atoms with E-state index >= 15 is 0 Å². The third-order valence-electron chi connectivity index (χ3n) is 4.52. The van der Waals surface area contributed by atoms with Gasteiger partial charge in [0.2, 0.25) is 5.91 Å². The van der Waals surface area contributed by atoms with E-state index in [-0.39, 0.29) is 18.1 Å². The Bertz CT molecular complexity index is 952. The topological polar surface area (TPSA) is 95.9 Å². The van der Waals surface area contributed by atoms with Crippen LogP contribution >= 0.6 is 43.6 Å². The van der Waals surface area contributed by atoms with Gasteiger partial charge in [0.05, 0.1) is 10.9 Å². The minimum atomic E-state index is -1.06. The maximum atomic E-state index is 12.6. The fraction of sp³-hybridized carbons (Fsp3) is 0.364. The molecule has 0 aliphatic carbocycles. The minimum absolute atomic E-state index is 0.0501. The molecule has 0 spiro atoms. The molecule has 0 bridgehead atoms. The highest BCUT2D eigenvalue weighted by molar-refractivity contribution is 9.11. The average molecular weight is 575 g/mol. The van der Waals surface area contributed by atoms with E-state index < -0.39 is 17.9 Å². The fourth-order valence-electron chi connectivity index (χ4n) is 2.95. The van der Waals surface area contributed by atoms with Gasteiger partial charge in [0.25, 0.3) is 0 Å². The van der Waals surface area contributed by atoms with Crippen molar-refractivity contribution in [3.05, 3.63) is 50.4 Å². The number of phenols is 1. The van der Waals surface area contributed by atoms with Crippen LogP contribution < -0.4 is 10.1 Å². The van der Waals surface area contributed by atoms with E-state index in [2.05, 4.69) is 37.2 Å². The molecule has 2 aromatic rings. The number of hydrogen-bond donors (Lipinski definition) is 3. The van der Waals surface area contributed by atoms with Crippen molar-refractivity contribution in [2.45, 2.75) is 38.6 Å². The van der Waals surface area contributed by atoms with Gasteiger partial charge in [0.15, 0.2) is 0 Å². The van der Waals surface area contributed by atoms with Crippen molar-refractivity contribution in [2.24, 2.45) is 0 Å². The first kappa shape index (κ1) is 25.5. The van der Waals surface area contributed by atoms with Crippen molar-refractivity contribution in [2.75, 3.05) is 12.0 Å². The number of carbonyl (C=O) groups excluding carboxylic acids is 1. The molecular formula is C22H25Br2NO5S. The van der Waals surface area contributed by atoms with E-state index in [9.17, 15) is 19.8 Å². The first-order chi connectivity index (χ1) is 14.6. The summed E-state index contributed by atoms with van der Waals surface area (Å²) < 4.78 is 7.47. The maximum Gasteiger partial charge on any atom is 0.326 e. The van der Waals surface area contributed by atoms with Gasteiger partial charge in [-0.1, -0.05) is 29.8 Å². The largest absolute Gasteiger partial charge is 0.508 e. The zero-order chi connectivity index (χ0) is 23.1. The van der Waals surface area contributed by atoms with E-state index in [0.29, 0.717) is 33.7 Å². The van der Waals surface area contributed by atoms with Crippen molar-refractivity contribution in [3.63, 3.8) is 0 Å². The second kappa shape index (κ2) is 11.8. The van der Waals surface area contributed by atoms with Gasteiger partial charge in [-0.05, 0) is 70.6 Å². The fourth-order valence-corrected chi connectivity index (χ4v) is 4.81. The monoisotopic (exact) mass is 573 g/mol. The molecule has 1 amide bonds. The van der Waals surface area contributed by atoms with Crippen molar-refractivity contribution in [1.82, 2.24) is 5.32 Å². The molecule has 0 fully saturated rings. The number of amides is 1. The van der Waals surface area contributed by atoms with Gasteiger partial charge in [-0.25, -0.2) is 4.79 Å². The molecule has 0 aliphatic rings. The number of carboxylic acid groups (broad SMARTS) is 1. The third-order valence-corrected chi connectivity index (χ3v) is 6.21. The lowest BCUT2D eigenvalue weighted by Gasteiger charge is -2.17. The van der Waals surface area contributed by atoms with Crippen molar-refractivity contribution >= 4 is 55.5 Å². The summed E-state index contributed by atoms with van der Waals surface area (Å²) in [6.45, 7) is 3.94. The summed E-state index contributed by atoms with van der Waals surface area (Å²) in [6.07, 6.45) is 2.18. The number of aromatic hydroxyl groups is 1. The Balaban J connectivity index is 2.28. The Morgan fingerprint density at radius 1 is 1.19 bits per heavy atom. The number of phenolic OH excluding ortho intramolecular Hbond substituents is 1. The molecule has 0 unspecified atom stereocenters. The number of aliphatic carboxylic acids is 1. The van der Waals surface area contributed by atoms with E-state index in [1.54, 1.807) is 30.3 Å². The Hall–Kier alpha value is -1.71. The van der Waals surface area contributed by atoms with Crippen LogP contribution in [0.25, 0.3) is 0 Å². The quantitative estimate of drug-likeness (QED) is 0.337. The second-order valence-electron chi connectivity index (χ2n) is 7.27. The first-order valence-corrected chi connectivity index (χ1v) is 12.6. The molecule has 0 heterocycles. The summed E-state index contributed by atoms with van der Waals surface area (Å²) in [4.78, 5) is 24.0. The van der Waals surface area contributed by atoms with Gasteiger partial charge >= 0.3 is 5.97 Å². The summed E-state index contributed by atoms with van der Waals surface area (Å²) in [5.41, 5.74) is 1.34. The van der Waals surface area contributed by atoms with Gasteiger partial charge in [0, 0.05) is 15.6 Å². The van der Waals surface area contributed by atoms with E-state index in [1.165, 1.54) is 11.8 Å². The van der Waals surface area contributed by atoms with E-state index in [1.807, 2.05) is 20.1 Å². The SMILES string of the molecule is CSCC[C@H](NC(=O)Cc1cc(Br)cc(Br)c1Oc1ccc(O)c(C(C)C)c1)C(=O)O.